The predicted octanol–water partition coefficient (Wildman–Crippen LogP) is 2.49. The quantitative estimate of drug-likeness (QED) is 0.329. The van der Waals surface area contributed by atoms with Crippen molar-refractivity contribution in [1.29, 1.82) is 0 Å². The van der Waals surface area contributed by atoms with E-state index < -0.39 is 0 Å². The average Bonchev–Trinajstić information content (AvgIpc) is 2.50. The zero-order chi connectivity index (χ0) is 15.8. The number of hydrogen-bond donors (Lipinski definition) is 4. The molecule has 0 fully saturated rings. The van der Waals surface area contributed by atoms with Gasteiger partial charge < -0.3 is 22.9 Å². The molecule has 0 aliphatic carbocycles. The van der Waals surface area contributed by atoms with E-state index >= 15 is 0 Å². The lowest BCUT2D eigenvalue weighted by Gasteiger charge is -2.22. The first-order valence-corrected chi connectivity index (χ1v) is 9.12. The maximum absolute atomic E-state index is 6.32. The molecule has 0 aromatic heterocycles. The molecule has 0 amide bonds. The third-order valence-electron chi connectivity index (χ3n) is 4.43. The molecule has 2 atom stereocenters. The lowest BCUT2D eigenvalue weighted by molar-refractivity contribution is 0.359. The molecule has 0 heterocycles. The third kappa shape index (κ3) is 13.2. The summed E-state index contributed by atoms with van der Waals surface area (Å²) in [6, 6.07) is 0.286. The first-order chi connectivity index (χ1) is 10.3. The monoisotopic (exact) mass is 300 g/mol. The Morgan fingerprint density at radius 3 is 1.43 bits per heavy atom. The molecule has 0 saturated carbocycles. The molecule has 4 nitrogen and oxygen atoms in total. The fourth-order valence-corrected chi connectivity index (χ4v) is 2.88. The van der Waals surface area contributed by atoms with E-state index in [-0.39, 0.29) is 6.04 Å². The molecule has 0 rings (SSSR count). The van der Waals surface area contributed by atoms with E-state index in [0.29, 0.717) is 5.92 Å². The van der Waals surface area contributed by atoms with E-state index in [2.05, 4.69) is 0 Å². The summed E-state index contributed by atoms with van der Waals surface area (Å²) < 4.78 is 0. The van der Waals surface area contributed by atoms with Crippen molar-refractivity contribution in [3.8, 4) is 0 Å². The van der Waals surface area contributed by atoms with E-state index in [9.17, 15) is 0 Å². The summed E-state index contributed by atoms with van der Waals surface area (Å²) in [5, 5.41) is 0. The van der Waals surface area contributed by atoms with Gasteiger partial charge in [0, 0.05) is 6.04 Å². The van der Waals surface area contributed by atoms with Crippen molar-refractivity contribution in [2.45, 2.75) is 83.1 Å². The standard InChI is InChI=1S/C17H40N4/c18-13-9-5-1-3-7-11-16(15-20)17(21)12-8-4-2-6-10-14-19/h16-17H,1-15,18-21H2. The number of hydrogen-bond acceptors (Lipinski definition) is 4. The molecule has 0 spiro atoms. The van der Waals surface area contributed by atoms with E-state index in [4.69, 9.17) is 22.9 Å². The van der Waals surface area contributed by atoms with Crippen LogP contribution in [-0.2, 0) is 0 Å². The van der Waals surface area contributed by atoms with Crippen LogP contribution in [0.3, 0.4) is 0 Å². The van der Waals surface area contributed by atoms with Gasteiger partial charge in [0.25, 0.3) is 0 Å². The molecule has 0 radical (unpaired) electrons. The van der Waals surface area contributed by atoms with E-state index in [1.807, 2.05) is 0 Å². The first-order valence-electron chi connectivity index (χ1n) is 9.12. The van der Waals surface area contributed by atoms with Crippen molar-refractivity contribution in [2.24, 2.45) is 28.9 Å². The van der Waals surface area contributed by atoms with Crippen LogP contribution in [0.1, 0.15) is 77.0 Å². The Morgan fingerprint density at radius 2 is 0.952 bits per heavy atom. The van der Waals surface area contributed by atoms with Crippen LogP contribution >= 0.6 is 0 Å². The zero-order valence-electron chi connectivity index (χ0n) is 14.1. The molecule has 0 bridgehead atoms. The number of unbranched alkanes of at least 4 members (excludes halogenated alkanes) is 8. The molecule has 0 aromatic carbocycles. The third-order valence-corrected chi connectivity index (χ3v) is 4.43. The molecule has 0 aromatic rings. The first kappa shape index (κ1) is 20.8. The maximum Gasteiger partial charge on any atom is 0.00792 e. The molecule has 128 valence electrons. The van der Waals surface area contributed by atoms with Gasteiger partial charge in [-0.25, -0.2) is 0 Å². The van der Waals surface area contributed by atoms with Gasteiger partial charge in [-0.05, 0) is 51.2 Å². The number of nitrogens with two attached hydrogens (primary N) is 4. The van der Waals surface area contributed by atoms with Crippen molar-refractivity contribution in [3.63, 3.8) is 0 Å². The van der Waals surface area contributed by atoms with Crippen LogP contribution < -0.4 is 22.9 Å². The molecule has 8 N–H and O–H groups in total. The molecule has 21 heavy (non-hydrogen) atoms. The van der Waals surface area contributed by atoms with Crippen LogP contribution in [0.15, 0.2) is 0 Å². The summed E-state index contributed by atoms with van der Waals surface area (Å²) in [5.74, 6) is 0.503. The Labute approximate surface area is 132 Å². The van der Waals surface area contributed by atoms with Crippen LogP contribution in [0.25, 0.3) is 0 Å². The van der Waals surface area contributed by atoms with Gasteiger partial charge in [-0.15, -0.1) is 0 Å². The van der Waals surface area contributed by atoms with E-state index in [1.165, 1.54) is 57.8 Å². The Kier molecular flexibility index (Phi) is 16.1. The zero-order valence-corrected chi connectivity index (χ0v) is 14.1. The lowest BCUT2D eigenvalue weighted by Crippen LogP contribution is -2.35. The van der Waals surface area contributed by atoms with Gasteiger partial charge in [-0.3, -0.25) is 0 Å². The second-order valence-electron chi connectivity index (χ2n) is 6.35. The van der Waals surface area contributed by atoms with Gasteiger partial charge in [-0.1, -0.05) is 51.4 Å². The van der Waals surface area contributed by atoms with Gasteiger partial charge in [-0.2, -0.15) is 0 Å². The van der Waals surface area contributed by atoms with Crippen LogP contribution in [-0.4, -0.2) is 25.7 Å². The highest BCUT2D eigenvalue weighted by molar-refractivity contribution is 4.74. The predicted molar refractivity (Wildman–Crippen MR) is 94.0 cm³/mol. The van der Waals surface area contributed by atoms with Gasteiger partial charge in [0.15, 0.2) is 0 Å². The summed E-state index contributed by atoms with van der Waals surface area (Å²) in [7, 11) is 0. The van der Waals surface area contributed by atoms with Crippen molar-refractivity contribution >= 4 is 0 Å². The van der Waals surface area contributed by atoms with Gasteiger partial charge in [0.2, 0.25) is 0 Å². The van der Waals surface area contributed by atoms with Crippen molar-refractivity contribution < 1.29 is 0 Å². The number of rotatable bonds is 16. The van der Waals surface area contributed by atoms with Crippen LogP contribution in [0.4, 0.5) is 0 Å². The van der Waals surface area contributed by atoms with Gasteiger partial charge >= 0.3 is 0 Å². The highest BCUT2D eigenvalue weighted by Gasteiger charge is 2.15. The smallest absolute Gasteiger partial charge is 0.00792 e. The molecule has 0 saturated heterocycles. The maximum atomic E-state index is 6.32. The molecule has 4 heteroatoms. The van der Waals surface area contributed by atoms with Crippen LogP contribution in [0, 0.1) is 5.92 Å². The summed E-state index contributed by atoms with van der Waals surface area (Å²) in [6.07, 6.45) is 14.8. The fraction of sp³-hybridized carbons (Fsp3) is 1.00. The molecule has 2 unspecified atom stereocenters. The molecule has 0 aliphatic heterocycles. The topological polar surface area (TPSA) is 104 Å². The highest BCUT2D eigenvalue weighted by Crippen LogP contribution is 2.17. The Morgan fingerprint density at radius 1 is 0.524 bits per heavy atom. The molecular weight excluding hydrogens is 260 g/mol. The van der Waals surface area contributed by atoms with Gasteiger partial charge in [0.1, 0.15) is 0 Å². The van der Waals surface area contributed by atoms with Crippen molar-refractivity contribution in [2.75, 3.05) is 19.6 Å². The normalized spacial score (nSPS) is 14.3. The SMILES string of the molecule is NCCCCCCCC(N)C(CN)CCCCCCCN. The largest absolute Gasteiger partial charge is 0.330 e. The molecular formula is C17H40N4. The van der Waals surface area contributed by atoms with Crippen LogP contribution in [0.2, 0.25) is 0 Å². The minimum atomic E-state index is 0.286. The van der Waals surface area contributed by atoms with E-state index in [0.717, 1.165) is 38.9 Å². The van der Waals surface area contributed by atoms with Gasteiger partial charge in [0.05, 0.1) is 0 Å². The second kappa shape index (κ2) is 16.2. The fourth-order valence-electron chi connectivity index (χ4n) is 2.88. The second-order valence-corrected chi connectivity index (χ2v) is 6.35. The van der Waals surface area contributed by atoms with Crippen molar-refractivity contribution in [1.82, 2.24) is 0 Å². The minimum Gasteiger partial charge on any atom is -0.330 e. The minimum absolute atomic E-state index is 0.286. The Balaban J connectivity index is 3.54. The summed E-state index contributed by atoms with van der Waals surface area (Å²) in [4.78, 5) is 0. The van der Waals surface area contributed by atoms with Crippen LogP contribution in [0.5, 0.6) is 0 Å². The summed E-state index contributed by atoms with van der Waals surface area (Å²) in [6.45, 7) is 2.37. The highest BCUT2D eigenvalue weighted by atomic mass is 14.7. The lowest BCUT2D eigenvalue weighted by atomic mass is 9.90. The Bertz CT molecular complexity index is 199. The summed E-state index contributed by atoms with van der Waals surface area (Å²) in [5.41, 5.74) is 23.2. The van der Waals surface area contributed by atoms with E-state index in [1.54, 1.807) is 0 Å². The van der Waals surface area contributed by atoms with Crippen molar-refractivity contribution in [3.05, 3.63) is 0 Å². The molecule has 0 aliphatic rings. The Hall–Kier alpha value is -0.160. The summed E-state index contributed by atoms with van der Waals surface area (Å²) >= 11 is 0. The average molecular weight is 301 g/mol.